The molecule has 4 heteroatoms. The van der Waals surface area contributed by atoms with E-state index in [0.29, 0.717) is 19.6 Å². The smallest absolute Gasteiger partial charge is 0.163 e. The molecular weight excluding hydrogens is 196 g/mol. The van der Waals surface area contributed by atoms with Crippen LogP contribution in [0.3, 0.4) is 0 Å². The minimum Gasteiger partial charge on any atom is -0.374 e. The largest absolute Gasteiger partial charge is 0.374 e. The highest BCUT2D eigenvalue weighted by atomic mass is 16.7. The van der Waals surface area contributed by atoms with Crippen molar-refractivity contribution in [2.75, 3.05) is 13.2 Å². The number of carbonyl (C=O) groups excluding carboxylic acids is 1. The van der Waals surface area contributed by atoms with Gasteiger partial charge in [0.1, 0.15) is 11.9 Å². The summed E-state index contributed by atoms with van der Waals surface area (Å²) in [6.45, 7) is 6.68. The van der Waals surface area contributed by atoms with Crippen LogP contribution in [0.25, 0.3) is 0 Å². The van der Waals surface area contributed by atoms with Crippen molar-refractivity contribution in [3.8, 4) is 0 Å². The zero-order chi connectivity index (χ0) is 11.1. The molecule has 2 heterocycles. The fourth-order valence-electron chi connectivity index (χ4n) is 2.16. The summed E-state index contributed by atoms with van der Waals surface area (Å²) in [5, 5.41) is 0. The average molecular weight is 214 g/mol. The Labute approximate surface area is 89.9 Å². The number of carbonyl (C=O) groups is 1. The van der Waals surface area contributed by atoms with Crippen LogP contribution in [-0.2, 0) is 19.0 Å². The Balaban J connectivity index is 2.01. The van der Waals surface area contributed by atoms with Crippen LogP contribution in [0, 0.1) is 5.92 Å². The highest BCUT2D eigenvalue weighted by Gasteiger charge is 2.43. The number of Topliss-reactive ketones (excluding diaryl/α,β-unsaturated/α-hetero) is 1. The molecule has 86 valence electrons. The molecule has 0 N–H and O–H groups in total. The molecule has 2 saturated heterocycles. The molecule has 2 aliphatic heterocycles. The van der Waals surface area contributed by atoms with E-state index in [1.807, 2.05) is 20.8 Å². The Morgan fingerprint density at radius 2 is 2.13 bits per heavy atom. The van der Waals surface area contributed by atoms with Gasteiger partial charge in [-0.3, -0.25) is 4.79 Å². The molecule has 0 unspecified atom stereocenters. The third-order valence-corrected chi connectivity index (χ3v) is 3.06. The van der Waals surface area contributed by atoms with Gasteiger partial charge in [-0.05, 0) is 13.8 Å². The maximum atomic E-state index is 11.5. The van der Waals surface area contributed by atoms with Gasteiger partial charge < -0.3 is 14.2 Å². The van der Waals surface area contributed by atoms with E-state index in [-0.39, 0.29) is 23.9 Å². The summed E-state index contributed by atoms with van der Waals surface area (Å²) in [7, 11) is 0. The average Bonchev–Trinajstić information content (AvgIpc) is 2.51. The number of rotatable bonds is 1. The van der Waals surface area contributed by atoms with E-state index in [1.165, 1.54) is 0 Å². The van der Waals surface area contributed by atoms with Gasteiger partial charge in [-0.15, -0.1) is 0 Å². The summed E-state index contributed by atoms with van der Waals surface area (Å²) in [5.74, 6) is -0.366. The van der Waals surface area contributed by atoms with Crippen LogP contribution < -0.4 is 0 Å². The molecule has 0 aromatic heterocycles. The topological polar surface area (TPSA) is 44.8 Å². The lowest BCUT2D eigenvalue weighted by molar-refractivity contribution is -0.172. The Morgan fingerprint density at radius 1 is 1.40 bits per heavy atom. The number of hydrogen-bond acceptors (Lipinski definition) is 4. The third-order valence-electron chi connectivity index (χ3n) is 3.06. The minimum atomic E-state index is -0.547. The van der Waals surface area contributed by atoms with E-state index in [0.717, 1.165) is 0 Å². The summed E-state index contributed by atoms with van der Waals surface area (Å²) in [4.78, 5) is 11.5. The van der Waals surface area contributed by atoms with E-state index in [1.54, 1.807) is 0 Å². The van der Waals surface area contributed by atoms with Gasteiger partial charge in [0.15, 0.2) is 5.79 Å². The zero-order valence-corrected chi connectivity index (χ0v) is 9.49. The van der Waals surface area contributed by atoms with E-state index in [4.69, 9.17) is 14.2 Å². The fourth-order valence-corrected chi connectivity index (χ4v) is 2.16. The first-order valence-electron chi connectivity index (χ1n) is 5.46. The standard InChI is InChI=1S/C11H18O4/c1-7-8(12)4-5-13-10(7)9-6-14-11(2,3)15-9/h7,9-10H,4-6H2,1-3H3/t7-,9+,10+/m0/s1. The second-order valence-corrected chi connectivity index (χ2v) is 4.71. The second kappa shape index (κ2) is 3.85. The van der Waals surface area contributed by atoms with Crippen LogP contribution >= 0.6 is 0 Å². The molecule has 0 saturated carbocycles. The molecule has 0 aromatic carbocycles. The van der Waals surface area contributed by atoms with E-state index in [9.17, 15) is 4.79 Å². The molecule has 0 radical (unpaired) electrons. The minimum absolute atomic E-state index is 0.0822. The van der Waals surface area contributed by atoms with Crippen molar-refractivity contribution in [1.29, 1.82) is 0 Å². The SMILES string of the molecule is C[C@H]1C(=O)CCO[C@H]1[C@H]1COC(C)(C)O1. The molecule has 2 aliphatic rings. The van der Waals surface area contributed by atoms with Crippen LogP contribution in [0.5, 0.6) is 0 Å². The monoisotopic (exact) mass is 214 g/mol. The first kappa shape index (κ1) is 11.0. The van der Waals surface area contributed by atoms with Crippen molar-refractivity contribution in [2.24, 2.45) is 5.92 Å². The lowest BCUT2D eigenvalue weighted by Gasteiger charge is -2.31. The molecule has 2 rings (SSSR count). The lowest BCUT2D eigenvalue weighted by Crippen LogP contribution is -2.44. The fraction of sp³-hybridized carbons (Fsp3) is 0.909. The normalized spacial score (nSPS) is 40.7. The molecule has 3 atom stereocenters. The first-order chi connectivity index (χ1) is 6.99. The molecule has 0 bridgehead atoms. The van der Waals surface area contributed by atoms with Crippen LogP contribution in [-0.4, -0.2) is 37.0 Å². The van der Waals surface area contributed by atoms with Gasteiger partial charge >= 0.3 is 0 Å². The second-order valence-electron chi connectivity index (χ2n) is 4.71. The maximum absolute atomic E-state index is 11.5. The van der Waals surface area contributed by atoms with E-state index in [2.05, 4.69) is 0 Å². The molecule has 0 aliphatic carbocycles. The third kappa shape index (κ3) is 2.22. The van der Waals surface area contributed by atoms with Gasteiger partial charge in [-0.25, -0.2) is 0 Å². The summed E-state index contributed by atoms with van der Waals surface area (Å²) < 4.78 is 16.8. The summed E-state index contributed by atoms with van der Waals surface area (Å²) in [6, 6.07) is 0. The van der Waals surface area contributed by atoms with Gasteiger partial charge in [0, 0.05) is 12.3 Å². The highest BCUT2D eigenvalue weighted by molar-refractivity contribution is 5.82. The van der Waals surface area contributed by atoms with Crippen LogP contribution in [0.4, 0.5) is 0 Å². The quantitative estimate of drug-likeness (QED) is 0.656. The van der Waals surface area contributed by atoms with Gasteiger partial charge in [0.2, 0.25) is 0 Å². The number of hydrogen-bond donors (Lipinski definition) is 0. The van der Waals surface area contributed by atoms with Gasteiger partial charge in [-0.1, -0.05) is 6.92 Å². The predicted octanol–water partition coefficient (Wildman–Crippen LogP) is 1.13. The Kier molecular flexibility index (Phi) is 2.83. The van der Waals surface area contributed by atoms with Crippen molar-refractivity contribution in [2.45, 2.75) is 45.2 Å². The van der Waals surface area contributed by atoms with Crippen molar-refractivity contribution < 1.29 is 19.0 Å². The Morgan fingerprint density at radius 3 is 2.73 bits per heavy atom. The molecule has 0 amide bonds. The molecule has 4 nitrogen and oxygen atoms in total. The number of ether oxygens (including phenoxy) is 3. The highest BCUT2D eigenvalue weighted by Crippen LogP contribution is 2.30. The maximum Gasteiger partial charge on any atom is 0.163 e. The van der Waals surface area contributed by atoms with Crippen molar-refractivity contribution >= 4 is 5.78 Å². The van der Waals surface area contributed by atoms with Crippen molar-refractivity contribution in [3.63, 3.8) is 0 Å². The van der Waals surface area contributed by atoms with Gasteiger partial charge in [0.25, 0.3) is 0 Å². The Hall–Kier alpha value is -0.450. The molecular formula is C11H18O4. The van der Waals surface area contributed by atoms with Crippen molar-refractivity contribution in [3.05, 3.63) is 0 Å². The van der Waals surface area contributed by atoms with Crippen LogP contribution in [0.15, 0.2) is 0 Å². The van der Waals surface area contributed by atoms with Gasteiger partial charge in [-0.2, -0.15) is 0 Å². The van der Waals surface area contributed by atoms with E-state index >= 15 is 0 Å². The summed E-state index contributed by atoms with van der Waals surface area (Å²) >= 11 is 0. The molecule has 2 fully saturated rings. The zero-order valence-electron chi connectivity index (χ0n) is 9.49. The molecule has 0 aromatic rings. The van der Waals surface area contributed by atoms with E-state index < -0.39 is 5.79 Å². The summed E-state index contributed by atoms with van der Waals surface area (Å²) in [5.41, 5.74) is 0. The Bertz CT molecular complexity index is 261. The number of ketones is 1. The first-order valence-corrected chi connectivity index (χ1v) is 5.46. The summed E-state index contributed by atoms with van der Waals surface area (Å²) in [6.07, 6.45) is 0.265. The molecule has 0 spiro atoms. The van der Waals surface area contributed by atoms with Gasteiger partial charge in [0.05, 0.1) is 19.3 Å². The van der Waals surface area contributed by atoms with Crippen LogP contribution in [0.2, 0.25) is 0 Å². The van der Waals surface area contributed by atoms with Crippen LogP contribution in [0.1, 0.15) is 27.2 Å². The predicted molar refractivity (Wildman–Crippen MR) is 53.4 cm³/mol. The molecule has 15 heavy (non-hydrogen) atoms. The lowest BCUT2D eigenvalue weighted by atomic mass is 9.91. The van der Waals surface area contributed by atoms with Crippen molar-refractivity contribution in [1.82, 2.24) is 0 Å².